The number of benzene rings is 1. The highest BCUT2D eigenvalue weighted by Gasteiger charge is 2.40. The molecule has 2 aromatic rings. The highest BCUT2D eigenvalue weighted by atomic mass is 16.5. The second kappa shape index (κ2) is 5.02. The Hall–Kier alpha value is -1.68. The normalized spacial score (nSPS) is 26.6. The van der Waals surface area contributed by atoms with Crippen molar-refractivity contribution in [2.24, 2.45) is 5.73 Å². The molecule has 1 aliphatic carbocycles. The monoisotopic (exact) mass is 271 g/mol. The molecule has 2 N–H and O–H groups in total. The van der Waals surface area contributed by atoms with E-state index >= 15 is 0 Å². The molecule has 0 radical (unpaired) electrons. The Morgan fingerprint density at radius 2 is 2.10 bits per heavy atom. The number of nitrogens with zero attached hydrogens (tertiary/aromatic N) is 2. The van der Waals surface area contributed by atoms with Crippen LogP contribution >= 0.6 is 0 Å². The molecule has 0 amide bonds. The van der Waals surface area contributed by atoms with Crippen molar-refractivity contribution in [3.63, 3.8) is 0 Å². The molecule has 1 aliphatic rings. The number of nitrogens with two attached hydrogens (primary N) is 1. The van der Waals surface area contributed by atoms with Crippen LogP contribution in [0.25, 0.3) is 11.4 Å². The zero-order valence-electron chi connectivity index (χ0n) is 12.1. The van der Waals surface area contributed by atoms with Crippen LogP contribution < -0.4 is 5.73 Å². The number of hydrogen-bond donors (Lipinski definition) is 1. The lowest BCUT2D eigenvalue weighted by molar-refractivity contribution is 0.203. The molecule has 20 heavy (non-hydrogen) atoms. The Labute approximate surface area is 119 Å². The number of rotatable bonds is 2. The molecule has 4 heteroatoms. The summed E-state index contributed by atoms with van der Waals surface area (Å²) in [4.78, 5) is 4.63. The quantitative estimate of drug-likeness (QED) is 0.911. The summed E-state index contributed by atoms with van der Waals surface area (Å²) >= 11 is 0. The first-order valence-electron chi connectivity index (χ1n) is 7.27. The SMILES string of the molecule is Cc1ccccc1-c1noc(C2(C)CCCCC2N)n1. The third-order valence-electron chi connectivity index (χ3n) is 4.58. The standard InChI is InChI=1S/C16H21N3O/c1-11-7-3-4-8-12(11)14-18-15(20-19-14)16(2)10-6-5-9-13(16)17/h3-4,7-8,13H,5-6,9-10,17H2,1-2H3. The Balaban J connectivity index is 1.96. The average molecular weight is 271 g/mol. The summed E-state index contributed by atoms with van der Waals surface area (Å²) < 4.78 is 5.55. The topological polar surface area (TPSA) is 64.9 Å². The fraction of sp³-hybridized carbons (Fsp3) is 0.500. The van der Waals surface area contributed by atoms with Crippen molar-refractivity contribution in [2.75, 3.05) is 0 Å². The minimum absolute atomic E-state index is 0.0985. The largest absolute Gasteiger partial charge is 0.338 e. The van der Waals surface area contributed by atoms with Crippen LogP contribution in [-0.2, 0) is 5.41 Å². The van der Waals surface area contributed by atoms with Gasteiger partial charge in [0.15, 0.2) is 0 Å². The molecular weight excluding hydrogens is 250 g/mol. The maximum atomic E-state index is 6.30. The van der Waals surface area contributed by atoms with Crippen LogP contribution in [-0.4, -0.2) is 16.2 Å². The lowest BCUT2D eigenvalue weighted by Gasteiger charge is -2.35. The van der Waals surface area contributed by atoms with Crippen LogP contribution in [0.2, 0.25) is 0 Å². The second-order valence-electron chi connectivity index (χ2n) is 6.01. The van der Waals surface area contributed by atoms with Gasteiger partial charge < -0.3 is 10.3 Å². The maximum absolute atomic E-state index is 6.30. The smallest absolute Gasteiger partial charge is 0.234 e. The van der Waals surface area contributed by atoms with Crippen molar-refractivity contribution in [1.82, 2.24) is 10.1 Å². The third kappa shape index (κ3) is 2.14. The summed E-state index contributed by atoms with van der Waals surface area (Å²) in [6, 6.07) is 8.18. The summed E-state index contributed by atoms with van der Waals surface area (Å²) in [5, 5.41) is 4.16. The van der Waals surface area contributed by atoms with Crippen LogP contribution in [0.3, 0.4) is 0 Å². The Morgan fingerprint density at radius 1 is 1.30 bits per heavy atom. The van der Waals surface area contributed by atoms with E-state index in [-0.39, 0.29) is 11.5 Å². The molecule has 2 unspecified atom stereocenters. The van der Waals surface area contributed by atoms with Gasteiger partial charge in [-0.1, -0.05) is 42.3 Å². The fourth-order valence-corrected chi connectivity index (χ4v) is 3.01. The highest BCUT2D eigenvalue weighted by Crippen LogP contribution is 2.38. The zero-order valence-corrected chi connectivity index (χ0v) is 12.1. The predicted octanol–water partition coefficient (Wildman–Crippen LogP) is 3.20. The van der Waals surface area contributed by atoms with E-state index in [0.29, 0.717) is 11.7 Å². The Bertz CT molecular complexity index is 607. The second-order valence-corrected chi connectivity index (χ2v) is 6.01. The average Bonchev–Trinajstić information content (AvgIpc) is 2.93. The van der Waals surface area contributed by atoms with Gasteiger partial charge >= 0.3 is 0 Å². The Kier molecular flexibility index (Phi) is 3.34. The molecule has 1 saturated carbocycles. The molecule has 0 bridgehead atoms. The zero-order chi connectivity index (χ0) is 14.2. The van der Waals surface area contributed by atoms with Gasteiger partial charge in [-0.2, -0.15) is 4.98 Å². The van der Waals surface area contributed by atoms with Crippen LogP contribution in [0.15, 0.2) is 28.8 Å². The lowest BCUT2D eigenvalue weighted by Crippen LogP contribution is -2.45. The van der Waals surface area contributed by atoms with Gasteiger partial charge in [-0.25, -0.2) is 0 Å². The van der Waals surface area contributed by atoms with E-state index in [1.807, 2.05) is 18.2 Å². The summed E-state index contributed by atoms with van der Waals surface area (Å²) in [5.41, 5.74) is 8.28. The summed E-state index contributed by atoms with van der Waals surface area (Å²) in [7, 11) is 0. The van der Waals surface area contributed by atoms with E-state index in [9.17, 15) is 0 Å². The molecule has 4 nitrogen and oxygen atoms in total. The molecule has 2 atom stereocenters. The molecule has 0 saturated heterocycles. The van der Waals surface area contributed by atoms with Crippen LogP contribution in [0.5, 0.6) is 0 Å². The third-order valence-corrected chi connectivity index (χ3v) is 4.58. The summed E-state index contributed by atoms with van der Waals surface area (Å²) in [6.45, 7) is 4.20. The van der Waals surface area contributed by atoms with Gasteiger partial charge in [-0.05, 0) is 32.3 Å². The molecule has 1 aromatic heterocycles. The van der Waals surface area contributed by atoms with Crippen molar-refractivity contribution in [2.45, 2.75) is 51.0 Å². The van der Waals surface area contributed by atoms with Gasteiger partial charge in [0.25, 0.3) is 0 Å². The van der Waals surface area contributed by atoms with E-state index in [1.165, 1.54) is 12.8 Å². The Morgan fingerprint density at radius 3 is 2.85 bits per heavy atom. The van der Waals surface area contributed by atoms with Gasteiger partial charge in [0, 0.05) is 11.6 Å². The maximum Gasteiger partial charge on any atom is 0.234 e. The number of hydrogen-bond acceptors (Lipinski definition) is 4. The molecule has 0 spiro atoms. The molecule has 1 heterocycles. The molecule has 1 aromatic carbocycles. The van der Waals surface area contributed by atoms with E-state index in [1.54, 1.807) is 0 Å². The van der Waals surface area contributed by atoms with Gasteiger partial charge in [-0.3, -0.25) is 0 Å². The first-order valence-corrected chi connectivity index (χ1v) is 7.27. The molecule has 3 rings (SSSR count). The van der Waals surface area contributed by atoms with Crippen molar-refractivity contribution in [3.05, 3.63) is 35.7 Å². The van der Waals surface area contributed by atoms with Crippen molar-refractivity contribution in [1.29, 1.82) is 0 Å². The molecule has 0 aliphatic heterocycles. The van der Waals surface area contributed by atoms with Crippen molar-refractivity contribution in [3.8, 4) is 11.4 Å². The van der Waals surface area contributed by atoms with Crippen LogP contribution in [0, 0.1) is 6.92 Å². The minimum Gasteiger partial charge on any atom is -0.338 e. The van der Waals surface area contributed by atoms with E-state index in [2.05, 4.69) is 30.1 Å². The summed E-state index contributed by atoms with van der Waals surface area (Å²) in [5.74, 6) is 1.35. The first-order chi connectivity index (χ1) is 9.61. The van der Waals surface area contributed by atoms with E-state index in [0.717, 1.165) is 24.0 Å². The van der Waals surface area contributed by atoms with Gasteiger partial charge in [0.05, 0.1) is 5.41 Å². The fourth-order valence-electron chi connectivity index (χ4n) is 3.01. The minimum atomic E-state index is -0.188. The summed E-state index contributed by atoms with van der Waals surface area (Å²) in [6.07, 6.45) is 4.41. The molecule has 106 valence electrons. The van der Waals surface area contributed by atoms with E-state index < -0.39 is 0 Å². The van der Waals surface area contributed by atoms with Gasteiger partial charge in [0.2, 0.25) is 11.7 Å². The van der Waals surface area contributed by atoms with Crippen molar-refractivity contribution >= 4 is 0 Å². The van der Waals surface area contributed by atoms with Crippen LogP contribution in [0.1, 0.15) is 44.1 Å². The first kappa shape index (κ1) is 13.3. The predicted molar refractivity (Wildman–Crippen MR) is 78.3 cm³/mol. The van der Waals surface area contributed by atoms with Gasteiger partial charge in [-0.15, -0.1) is 0 Å². The number of aryl methyl sites for hydroxylation is 1. The van der Waals surface area contributed by atoms with Crippen molar-refractivity contribution < 1.29 is 4.52 Å². The molecular formula is C16H21N3O. The lowest BCUT2D eigenvalue weighted by atomic mass is 9.72. The van der Waals surface area contributed by atoms with Crippen LogP contribution in [0.4, 0.5) is 0 Å². The highest BCUT2D eigenvalue weighted by molar-refractivity contribution is 5.59. The van der Waals surface area contributed by atoms with E-state index in [4.69, 9.17) is 10.3 Å². The number of aromatic nitrogens is 2. The molecule has 1 fully saturated rings. The van der Waals surface area contributed by atoms with Gasteiger partial charge in [0.1, 0.15) is 0 Å².